The number of nitrogens with zero attached hydrogens (tertiary/aromatic N) is 1. The Kier molecular flexibility index (Phi) is 4.95. The van der Waals surface area contributed by atoms with Crippen molar-refractivity contribution in [2.24, 2.45) is 0 Å². The molecule has 1 atom stereocenters. The van der Waals surface area contributed by atoms with Crippen LogP contribution in [0, 0.1) is 13.8 Å². The van der Waals surface area contributed by atoms with E-state index >= 15 is 0 Å². The largest absolute Gasteiger partial charge is 0.502 e. The second-order valence-corrected chi connectivity index (χ2v) is 9.27. The van der Waals surface area contributed by atoms with Crippen LogP contribution in [0.3, 0.4) is 0 Å². The van der Waals surface area contributed by atoms with Gasteiger partial charge in [0.25, 0.3) is 5.91 Å². The molecule has 0 aliphatic carbocycles. The molecule has 152 valence electrons. The van der Waals surface area contributed by atoms with Crippen molar-refractivity contribution >= 4 is 21.4 Å². The summed E-state index contributed by atoms with van der Waals surface area (Å²) in [7, 11) is -4.12. The molecular weight excluding hydrogens is 398 g/mol. The Bertz CT molecular complexity index is 1230. The lowest BCUT2D eigenvalue weighted by Gasteiger charge is -2.27. The number of hydrogen-bond acceptors (Lipinski definition) is 4. The van der Waals surface area contributed by atoms with Crippen LogP contribution in [-0.2, 0) is 14.6 Å². The van der Waals surface area contributed by atoms with E-state index in [0.29, 0.717) is 11.3 Å². The van der Waals surface area contributed by atoms with Gasteiger partial charge in [0.1, 0.15) is 10.9 Å². The topological polar surface area (TPSA) is 74.7 Å². The third kappa shape index (κ3) is 3.29. The van der Waals surface area contributed by atoms with Gasteiger partial charge in [-0.3, -0.25) is 9.69 Å². The Balaban J connectivity index is 1.92. The molecule has 6 heteroatoms. The second kappa shape index (κ2) is 7.46. The molecule has 1 amide bonds. The van der Waals surface area contributed by atoms with Gasteiger partial charge in [0, 0.05) is 5.69 Å². The van der Waals surface area contributed by atoms with Gasteiger partial charge < -0.3 is 5.11 Å². The first-order valence-corrected chi connectivity index (χ1v) is 11.0. The van der Waals surface area contributed by atoms with Crippen LogP contribution in [0.15, 0.2) is 94.4 Å². The molecule has 30 heavy (non-hydrogen) atoms. The summed E-state index contributed by atoms with van der Waals surface area (Å²) in [6.07, 6.45) is 0. The SMILES string of the molecule is Cc1ccc(N2C(=O)C(O)=C(S(=O)(=O)c3ccc(C)cc3)C2c2ccccc2)cc1. The van der Waals surface area contributed by atoms with E-state index in [1.54, 1.807) is 48.5 Å². The van der Waals surface area contributed by atoms with Gasteiger partial charge in [0.15, 0.2) is 5.76 Å². The number of aryl methyl sites for hydroxylation is 2. The summed E-state index contributed by atoms with van der Waals surface area (Å²) in [5, 5.41) is 10.7. The van der Waals surface area contributed by atoms with Gasteiger partial charge in [0.05, 0.1) is 4.90 Å². The monoisotopic (exact) mass is 419 g/mol. The lowest BCUT2D eigenvalue weighted by molar-refractivity contribution is -0.117. The number of amides is 1. The van der Waals surface area contributed by atoms with Crippen LogP contribution in [0.1, 0.15) is 22.7 Å². The molecule has 0 saturated heterocycles. The fourth-order valence-electron chi connectivity index (χ4n) is 3.61. The highest BCUT2D eigenvalue weighted by atomic mass is 32.2. The van der Waals surface area contributed by atoms with E-state index in [-0.39, 0.29) is 9.80 Å². The summed E-state index contributed by atoms with van der Waals surface area (Å²) in [5.41, 5.74) is 3.03. The van der Waals surface area contributed by atoms with E-state index in [9.17, 15) is 18.3 Å². The molecule has 1 heterocycles. The van der Waals surface area contributed by atoms with Crippen molar-refractivity contribution in [1.82, 2.24) is 0 Å². The van der Waals surface area contributed by atoms with Crippen molar-refractivity contribution in [3.63, 3.8) is 0 Å². The van der Waals surface area contributed by atoms with E-state index in [0.717, 1.165) is 11.1 Å². The lowest BCUT2D eigenvalue weighted by atomic mass is 10.1. The van der Waals surface area contributed by atoms with Gasteiger partial charge in [-0.05, 0) is 43.7 Å². The fourth-order valence-corrected chi connectivity index (χ4v) is 5.24. The average Bonchev–Trinajstić information content (AvgIpc) is 3.01. The Morgan fingerprint density at radius 1 is 0.800 bits per heavy atom. The van der Waals surface area contributed by atoms with Gasteiger partial charge in [-0.25, -0.2) is 8.42 Å². The van der Waals surface area contributed by atoms with Crippen molar-refractivity contribution in [2.45, 2.75) is 24.8 Å². The van der Waals surface area contributed by atoms with Gasteiger partial charge in [-0.2, -0.15) is 0 Å². The third-order valence-electron chi connectivity index (χ3n) is 5.21. The Labute approximate surface area is 175 Å². The minimum absolute atomic E-state index is 0.0362. The predicted octanol–water partition coefficient (Wildman–Crippen LogP) is 4.63. The number of rotatable bonds is 4. The summed E-state index contributed by atoms with van der Waals surface area (Å²) in [6, 6.07) is 21.5. The predicted molar refractivity (Wildman–Crippen MR) is 116 cm³/mol. The van der Waals surface area contributed by atoms with Crippen molar-refractivity contribution in [3.8, 4) is 0 Å². The van der Waals surface area contributed by atoms with E-state index in [1.807, 2.05) is 32.0 Å². The molecule has 3 aromatic carbocycles. The number of benzene rings is 3. The van der Waals surface area contributed by atoms with Gasteiger partial charge >= 0.3 is 0 Å². The highest BCUT2D eigenvalue weighted by Crippen LogP contribution is 2.44. The molecule has 0 aromatic heterocycles. The third-order valence-corrected chi connectivity index (χ3v) is 7.10. The van der Waals surface area contributed by atoms with Crippen molar-refractivity contribution < 1.29 is 18.3 Å². The number of aliphatic hydroxyl groups is 1. The average molecular weight is 420 g/mol. The molecule has 0 bridgehead atoms. The Morgan fingerprint density at radius 3 is 1.90 bits per heavy atom. The first kappa shape index (κ1) is 19.9. The fraction of sp³-hybridized carbons (Fsp3) is 0.125. The zero-order chi connectivity index (χ0) is 21.5. The van der Waals surface area contributed by atoms with Crippen LogP contribution in [0.5, 0.6) is 0 Å². The minimum Gasteiger partial charge on any atom is -0.502 e. The summed E-state index contributed by atoms with van der Waals surface area (Å²) < 4.78 is 27.0. The molecule has 5 nitrogen and oxygen atoms in total. The van der Waals surface area contributed by atoms with Crippen LogP contribution in [0.4, 0.5) is 5.69 Å². The summed E-state index contributed by atoms with van der Waals surface area (Å²) >= 11 is 0. The van der Waals surface area contributed by atoms with Crippen LogP contribution >= 0.6 is 0 Å². The van der Waals surface area contributed by atoms with Crippen LogP contribution < -0.4 is 4.90 Å². The molecule has 0 saturated carbocycles. The Morgan fingerprint density at radius 2 is 1.33 bits per heavy atom. The van der Waals surface area contributed by atoms with Crippen LogP contribution in [0.2, 0.25) is 0 Å². The highest BCUT2D eigenvalue weighted by molar-refractivity contribution is 7.95. The molecule has 1 N–H and O–H groups in total. The van der Waals surface area contributed by atoms with E-state index in [4.69, 9.17) is 0 Å². The van der Waals surface area contributed by atoms with Gasteiger partial charge in [-0.15, -0.1) is 0 Å². The van der Waals surface area contributed by atoms with E-state index in [2.05, 4.69) is 0 Å². The number of carbonyl (C=O) groups excluding carboxylic acids is 1. The number of carbonyl (C=O) groups is 1. The quantitative estimate of drug-likeness (QED) is 0.669. The first-order chi connectivity index (χ1) is 14.3. The van der Waals surface area contributed by atoms with Gasteiger partial charge in [0.2, 0.25) is 9.84 Å². The summed E-state index contributed by atoms with van der Waals surface area (Å²) in [6.45, 7) is 3.78. The van der Waals surface area contributed by atoms with E-state index in [1.165, 1.54) is 17.0 Å². The van der Waals surface area contributed by atoms with Crippen molar-refractivity contribution in [2.75, 3.05) is 4.90 Å². The first-order valence-electron chi connectivity index (χ1n) is 9.51. The molecule has 4 rings (SSSR count). The maximum atomic E-state index is 13.5. The van der Waals surface area contributed by atoms with Crippen LogP contribution in [-0.4, -0.2) is 19.4 Å². The molecule has 1 aliphatic rings. The Hall–Kier alpha value is -3.38. The van der Waals surface area contributed by atoms with Crippen LogP contribution in [0.25, 0.3) is 0 Å². The lowest BCUT2D eigenvalue weighted by Crippen LogP contribution is -2.31. The zero-order valence-electron chi connectivity index (χ0n) is 16.6. The summed E-state index contributed by atoms with van der Waals surface area (Å²) in [4.78, 5) is 14.1. The normalized spacial score (nSPS) is 16.9. The highest BCUT2D eigenvalue weighted by Gasteiger charge is 2.47. The molecular formula is C24H21NO4S. The van der Waals surface area contributed by atoms with Crippen molar-refractivity contribution in [3.05, 3.63) is 106 Å². The summed E-state index contributed by atoms with van der Waals surface area (Å²) in [5.74, 6) is -1.48. The number of hydrogen-bond donors (Lipinski definition) is 1. The van der Waals surface area contributed by atoms with Crippen molar-refractivity contribution in [1.29, 1.82) is 0 Å². The maximum absolute atomic E-state index is 13.5. The molecule has 1 unspecified atom stereocenters. The maximum Gasteiger partial charge on any atom is 0.295 e. The zero-order valence-corrected chi connectivity index (χ0v) is 17.4. The molecule has 1 aliphatic heterocycles. The standard InChI is InChI=1S/C24H21NO4S/c1-16-8-12-19(13-9-16)25-21(18-6-4-3-5-7-18)23(22(26)24(25)27)30(28,29)20-14-10-17(2)11-15-20/h3-15,21,26H,1-2H3. The minimum atomic E-state index is -4.12. The smallest absolute Gasteiger partial charge is 0.295 e. The molecule has 0 spiro atoms. The number of aliphatic hydroxyl groups excluding tert-OH is 1. The molecule has 3 aromatic rings. The molecule has 0 fully saturated rings. The number of sulfone groups is 1. The second-order valence-electron chi connectivity index (χ2n) is 7.35. The molecule has 0 radical (unpaired) electrons. The van der Waals surface area contributed by atoms with Gasteiger partial charge in [-0.1, -0.05) is 65.7 Å². The van der Waals surface area contributed by atoms with E-state index < -0.39 is 27.5 Å². The number of anilines is 1.